The summed E-state index contributed by atoms with van der Waals surface area (Å²) in [5, 5.41) is 5.98. The van der Waals surface area contributed by atoms with E-state index >= 15 is 0 Å². The van der Waals surface area contributed by atoms with Crippen molar-refractivity contribution in [2.75, 3.05) is 11.9 Å². The molecule has 2 aromatic rings. The second-order valence-electron chi connectivity index (χ2n) is 4.20. The molecule has 2 rings (SSSR count). The zero-order chi connectivity index (χ0) is 14.4. The number of aryl methyl sites for hydroxylation is 1. The number of carbonyl (C=O) groups is 2. The van der Waals surface area contributed by atoms with Crippen LogP contribution in [-0.2, 0) is 4.79 Å². The average Bonchev–Trinajstić information content (AvgIpc) is 2.85. The molecule has 1 aromatic carbocycles. The molecule has 0 spiro atoms. The molecule has 0 aliphatic carbocycles. The second-order valence-corrected chi connectivity index (χ2v) is 5.43. The number of carbonyl (C=O) groups excluding carboxylic acids is 2. The Kier molecular flexibility index (Phi) is 4.84. The van der Waals surface area contributed by atoms with E-state index in [1.807, 2.05) is 13.0 Å². The van der Waals surface area contributed by atoms with Crippen LogP contribution in [0.25, 0.3) is 0 Å². The summed E-state index contributed by atoms with van der Waals surface area (Å²) in [6, 6.07) is 8.90. The summed E-state index contributed by atoms with van der Waals surface area (Å²) in [4.78, 5) is 28.5. The molecule has 2 amide bonds. The van der Waals surface area contributed by atoms with Crippen LogP contribution in [0.5, 0.6) is 0 Å². The topological polar surface area (TPSA) is 71.1 Å². The summed E-state index contributed by atoms with van der Waals surface area (Å²) >= 11 is 1.42. The van der Waals surface area contributed by atoms with Gasteiger partial charge in [-0.2, -0.15) is 0 Å². The van der Waals surface area contributed by atoms with Crippen LogP contribution in [0.15, 0.2) is 36.5 Å². The molecule has 0 bridgehead atoms. The van der Waals surface area contributed by atoms with Crippen molar-refractivity contribution in [3.8, 4) is 0 Å². The Morgan fingerprint density at radius 2 is 2.00 bits per heavy atom. The minimum atomic E-state index is -0.177. The lowest BCUT2D eigenvalue weighted by atomic mass is 10.2. The van der Waals surface area contributed by atoms with Gasteiger partial charge in [0.2, 0.25) is 5.91 Å². The highest BCUT2D eigenvalue weighted by molar-refractivity contribution is 7.15. The van der Waals surface area contributed by atoms with Crippen molar-refractivity contribution in [3.63, 3.8) is 0 Å². The third-order valence-electron chi connectivity index (χ3n) is 2.54. The van der Waals surface area contributed by atoms with Crippen molar-refractivity contribution in [1.82, 2.24) is 10.3 Å². The molecule has 5 nitrogen and oxygen atoms in total. The van der Waals surface area contributed by atoms with E-state index in [0.717, 1.165) is 4.88 Å². The smallest absolute Gasteiger partial charge is 0.251 e. The summed E-state index contributed by atoms with van der Waals surface area (Å²) in [6.45, 7) is 2.22. The van der Waals surface area contributed by atoms with Gasteiger partial charge in [0.1, 0.15) is 0 Å². The number of amides is 2. The molecular formula is C14H15N3O2S. The number of nitrogens with zero attached hydrogens (tertiary/aromatic N) is 1. The van der Waals surface area contributed by atoms with Crippen molar-refractivity contribution in [1.29, 1.82) is 0 Å². The summed E-state index contributed by atoms with van der Waals surface area (Å²) < 4.78 is 0. The van der Waals surface area contributed by atoms with E-state index in [0.29, 0.717) is 17.2 Å². The SMILES string of the molecule is Cc1cnc(NC(=O)CCNC(=O)c2ccccc2)s1. The Morgan fingerprint density at radius 1 is 1.25 bits per heavy atom. The van der Waals surface area contributed by atoms with E-state index < -0.39 is 0 Å². The van der Waals surface area contributed by atoms with Crippen molar-refractivity contribution < 1.29 is 9.59 Å². The maximum Gasteiger partial charge on any atom is 0.251 e. The quantitative estimate of drug-likeness (QED) is 0.886. The molecule has 0 radical (unpaired) electrons. The van der Waals surface area contributed by atoms with Crippen LogP contribution in [-0.4, -0.2) is 23.3 Å². The highest BCUT2D eigenvalue weighted by atomic mass is 32.1. The summed E-state index contributed by atoms with van der Waals surface area (Å²) in [6.07, 6.45) is 1.93. The Morgan fingerprint density at radius 3 is 2.65 bits per heavy atom. The molecule has 0 saturated carbocycles. The van der Waals surface area contributed by atoms with Crippen LogP contribution in [0.3, 0.4) is 0 Å². The van der Waals surface area contributed by atoms with Crippen LogP contribution in [0.1, 0.15) is 21.7 Å². The predicted octanol–water partition coefficient (Wildman–Crippen LogP) is 2.21. The van der Waals surface area contributed by atoms with Gasteiger partial charge in [-0.15, -0.1) is 11.3 Å². The highest BCUT2D eigenvalue weighted by Crippen LogP contribution is 2.16. The van der Waals surface area contributed by atoms with Gasteiger partial charge >= 0.3 is 0 Å². The molecule has 0 saturated heterocycles. The molecule has 0 atom stereocenters. The van der Waals surface area contributed by atoms with E-state index in [1.165, 1.54) is 11.3 Å². The van der Waals surface area contributed by atoms with Crippen molar-refractivity contribution in [3.05, 3.63) is 47.0 Å². The largest absolute Gasteiger partial charge is 0.352 e. The van der Waals surface area contributed by atoms with Crippen LogP contribution in [0, 0.1) is 6.92 Å². The molecule has 104 valence electrons. The van der Waals surface area contributed by atoms with Gasteiger partial charge in [-0.05, 0) is 19.1 Å². The van der Waals surface area contributed by atoms with Gasteiger partial charge in [-0.25, -0.2) is 4.98 Å². The Balaban J connectivity index is 1.73. The fraction of sp³-hybridized carbons (Fsp3) is 0.214. The fourth-order valence-electron chi connectivity index (χ4n) is 1.58. The zero-order valence-electron chi connectivity index (χ0n) is 11.1. The van der Waals surface area contributed by atoms with Gasteiger partial charge in [0.15, 0.2) is 5.13 Å². The molecule has 1 aromatic heterocycles. The first kappa shape index (κ1) is 14.2. The number of anilines is 1. The molecule has 20 heavy (non-hydrogen) atoms. The van der Waals surface area contributed by atoms with Crippen molar-refractivity contribution in [2.45, 2.75) is 13.3 Å². The molecule has 6 heteroatoms. The lowest BCUT2D eigenvalue weighted by molar-refractivity contribution is -0.116. The predicted molar refractivity (Wildman–Crippen MR) is 78.9 cm³/mol. The average molecular weight is 289 g/mol. The van der Waals surface area contributed by atoms with E-state index in [-0.39, 0.29) is 18.2 Å². The number of hydrogen-bond donors (Lipinski definition) is 2. The normalized spacial score (nSPS) is 10.1. The van der Waals surface area contributed by atoms with Crippen LogP contribution < -0.4 is 10.6 Å². The summed E-state index contributed by atoms with van der Waals surface area (Å²) in [7, 11) is 0. The number of thiazole rings is 1. The monoisotopic (exact) mass is 289 g/mol. The van der Waals surface area contributed by atoms with Crippen LogP contribution >= 0.6 is 11.3 Å². The van der Waals surface area contributed by atoms with Gasteiger partial charge in [0.05, 0.1) is 0 Å². The van der Waals surface area contributed by atoms with Gasteiger partial charge in [0, 0.05) is 29.6 Å². The first-order valence-corrected chi connectivity index (χ1v) is 7.02. The first-order valence-electron chi connectivity index (χ1n) is 6.20. The van der Waals surface area contributed by atoms with Gasteiger partial charge in [-0.3, -0.25) is 9.59 Å². The maximum atomic E-state index is 11.7. The summed E-state index contributed by atoms with van der Waals surface area (Å²) in [5.74, 6) is -0.337. The van der Waals surface area contributed by atoms with Gasteiger partial charge in [-0.1, -0.05) is 18.2 Å². The Hall–Kier alpha value is -2.21. The summed E-state index contributed by atoms with van der Waals surface area (Å²) in [5.41, 5.74) is 0.587. The lowest BCUT2D eigenvalue weighted by Crippen LogP contribution is -2.27. The van der Waals surface area contributed by atoms with Crippen LogP contribution in [0.2, 0.25) is 0 Å². The molecule has 0 unspecified atom stereocenters. The maximum absolute atomic E-state index is 11.7. The zero-order valence-corrected chi connectivity index (χ0v) is 11.9. The molecule has 1 heterocycles. The van der Waals surface area contributed by atoms with E-state index in [9.17, 15) is 9.59 Å². The first-order chi connectivity index (χ1) is 9.65. The standard InChI is InChI=1S/C14H15N3O2S/c1-10-9-16-14(20-10)17-12(18)7-8-15-13(19)11-5-3-2-4-6-11/h2-6,9H,7-8H2,1H3,(H,15,19)(H,16,17,18). The molecule has 0 fully saturated rings. The number of hydrogen-bond acceptors (Lipinski definition) is 4. The van der Waals surface area contributed by atoms with E-state index in [2.05, 4.69) is 15.6 Å². The Labute approximate surface area is 121 Å². The van der Waals surface area contributed by atoms with E-state index in [4.69, 9.17) is 0 Å². The van der Waals surface area contributed by atoms with E-state index in [1.54, 1.807) is 30.5 Å². The fourth-order valence-corrected chi connectivity index (χ4v) is 2.26. The number of aromatic nitrogens is 1. The minimum absolute atomic E-state index is 0.160. The van der Waals surface area contributed by atoms with Gasteiger partial charge in [0.25, 0.3) is 5.91 Å². The third-order valence-corrected chi connectivity index (χ3v) is 3.37. The van der Waals surface area contributed by atoms with Crippen LogP contribution in [0.4, 0.5) is 5.13 Å². The second kappa shape index (κ2) is 6.81. The van der Waals surface area contributed by atoms with Gasteiger partial charge < -0.3 is 10.6 Å². The third kappa shape index (κ3) is 4.17. The number of benzene rings is 1. The molecule has 0 aliphatic heterocycles. The lowest BCUT2D eigenvalue weighted by Gasteiger charge is -2.05. The van der Waals surface area contributed by atoms with Crippen molar-refractivity contribution >= 4 is 28.3 Å². The van der Waals surface area contributed by atoms with Crippen molar-refractivity contribution in [2.24, 2.45) is 0 Å². The highest BCUT2D eigenvalue weighted by Gasteiger charge is 2.07. The molecular weight excluding hydrogens is 274 g/mol. The number of rotatable bonds is 5. The molecule has 2 N–H and O–H groups in total. The number of nitrogens with one attached hydrogen (secondary N) is 2. The Bertz CT molecular complexity index is 595. The minimum Gasteiger partial charge on any atom is -0.352 e. The molecule has 0 aliphatic rings.